The molecule has 0 aromatic carbocycles. The van der Waals surface area contributed by atoms with Crippen LogP contribution in [0, 0.1) is 5.92 Å². The Kier molecular flexibility index (Phi) is 5.41. The van der Waals surface area contributed by atoms with Crippen molar-refractivity contribution in [1.82, 2.24) is 24.1 Å². The minimum Gasteiger partial charge on any atom is -0.357 e. The second kappa shape index (κ2) is 7.53. The van der Waals surface area contributed by atoms with Gasteiger partial charge < -0.3 is 9.47 Å². The molecular weight excluding hydrogens is 298 g/mol. The quantitative estimate of drug-likeness (QED) is 0.816. The summed E-state index contributed by atoms with van der Waals surface area (Å²) < 4.78 is 4.06. The molecule has 0 bridgehead atoms. The van der Waals surface area contributed by atoms with Crippen molar-refractivity contribution in [2.24, 2.45) is 20.0 Å². The van der Waals surface area contributed by atoms with Crippen molar-refractivity contribution in [2.45, 2.75) is 32.4 Å². The number of piperidine rings is 1. The predicted molar refractivity (Wildman–Crippen MR) is 97.7 cm³/mol. The zero-order valence-electron chi connectivity index (χ0n) is 15.5. The summed E-state index contributed by atoms with van der Waals surface area (Å²) in [5, 5.41) is 4.42. The van der Waals surface area contributed by atoms with Gasteiger partial charge in [0.05, 0.1) is 6.20 Å². The van der Waals surface area contributed by atoms with Gasteiger partial charge in [-0.3, -0.25) is 9.58 Å². The van der Waals surface area contributed by atoms with Gasteiger partial charge in [0.25, 0.3) is 0 Å². The summed E-state index contributed by atoms with van der Waals surface area (Å²) in [7, 11) is 6.35. The molecule has 2 aromatic heterocycles. The molecule has 5 nitrogen and oxygen atoms in total. The lowest BCUT2D eigenvalue weighted by Gasteiger charge is -2.42. The fourth-order valence-electron chi connectivity index (χ4n) is 4.20. The van der Waals surface area contributed by atoms with Crippen LogP contribution < -0.4 is 0 Å². The van der Waals surface area contributed by atoms with Crippen LogP contribution >= 0.6 is 0 Å². The first-order valence-electron chi connectivity index (χ1n) is 9.08. The second-order valence-electron chi connectivity index (χ2n) is 7.31. The molecule has 3 rings (SSSR count). The van der Waals surface area contributed by atoms with Crippen molar-refractivity contribution >= 4 is 0 Å². The number of aryl methyl sites for hydroxylation is 2. The normalized spacial score (nSPS) is 22.4. The minimum atomic E-state index is 0.496. The van der Waals surface area contributed by atoms with Gasteiger partial charge in [0.2, 0.25) is 0 Å². The van der Waals surface area contributed by atoms with E-state index >= 15 is 0 Å². The Labute approximate surface area is 145 Å². The Morgan fingerprint density at radius 3 is 2.75 bits per heavy atom. The van der Waals surface area contributed by atoms with Gasteiger partial charge in [0.1, 0.15) is 0 Å². The van der Waals surface area contributed by atoms with Gasteiger partial charge in [-0.05, 0) is 50.5 Å². The van der Waals surface area contributed by atoms with Crippen molar-refractivity contribution in [3.05, 3.63) is 42.0 Å². The molecule has 3 heterocycles. The van der Waals surface area contributed by atoms with E-state index in [-0.39, 0.29) is 0 Å². The Hall–Kier alpha value is -1.59. The van der Waals surface area contributed by atoms with E-state index in [0.717, 1.165) is 19.6 Å². The largest absolute Gasteiger partial charge is 0.357 e. The summed E-state index contributed by atoms with van der Waals surface area (Å²) in [6.07, 6.45) is 11.2. The number of hydrogen-bond donors (Lipinski definition) is 0. The molecule has 0 amide bonds. The van der Waals surface area contributed by atoms with Crippen molar-refractivity contribution in [1.29, 1.82) is 0 Å². The number of rotatable bonds is 6. The monoisotopic (exact) mass is 329 g/mol. The fourth-order valence-corrected chi connectivity index (χ4v) is 4.20. The number of nitrogens with zero attached hydrogens (tertiary/aromatic N) is 5. The highest BCUT2D eigenvalue weighted by atomic mass is 15.3. The SMILES string of the molecule is CCN1CCC[C@@H](CN(C)Cc2ccn(C)c2)[C@@H]1c1cnn(C)c1. The third-order valence-corrected chi connectivity index (χ3v) is 5.22. The molecule has 2 atom stereocenters. The van der Waals surface area contributed by atoms with Crippen molar-refractivity contribution in [2.75, 3.05) is 26.7 Å². The molecule has 0 N–H and O–H groups in total. The summed E-state index contributed by atoms with van der Waals surface area (Å²) in [6, 6.07) is 2.71. The van der Waals surface area contributed by atoms with E-state index in [4.69, 9.17) is 0 Å². The minimum absolute atomic E-state index is 0.496. The van der Waals surface area contributed by atoms with E-state index in [9.17, 15) is 0 Å². The molecule has 1 fully saturated rings. The maximum atomic E-state index is 4.42. The summed E-state index contributed by atoms with van der Waals surface area (Å²) in [6.45, 7) is 6.74. The van der Waals surface area contributed by atoms with Crippen LogP contribution in [0.2, 0.25) is 0 Å². The molecule has 2 aromatic rings. The summed E-state index contributed by atoms with van der Waals surface area (Å²) in [5.74, 6) is 0.664. The average Bonchev–Trinajstić information content (AvgIpc) is 3.15. The number of likely N-dealkylation sites (tertiary alicyclic amines) is 1. The van der Waals surface area contributed by atoms with Gasteiger partial charge >= 0.3 is 0 Å². The third kappa shape index (κ3) is 3.90. The maximum absolute atomic E-state index is 4.42. The van der Waals surface area contributed by atoms with Gasteiger partial charge in [-0.1, -0.05) is 6.92 Å². The van der Waals surface area contributed by atoms with E-state index < -0.39 is 0 Å². The zero-order valence-corrected chi connectivity index (χ0v) is 15.5. The maximum Gasteiger partial charge on any atom is 0.0537 e. The van der Waals surface area contributed by atoms with Crippen LogP contribution in [0.25, 0.3) is 0 Å². The van der Waals surface area contributed by atoms with Crippen LogP contribution in [0.3, 0.4) is 0 Å². The van der Waals surface area contributed by atoms with Crippen LogP contribution in [0.15, 0.2) is 30.9 Å². The molecule has 1 saturated heterocycles. The van der Waals surface area contributed by atoms with Crippen molar-refractivity contribution in [3.63, 3.8) is 0 Å². The lowest BCUT2D eigenvalue weighted by Crippen LogP contribution is -2.42. The zero-order chi connectivity index (χ0) is 17.1. The lowest BCUT2D eigenvalue weighted by atomic mass is 9.85. The Morgan fingerprint density at radius 1 is 1.29 bits per heavy atom. The molecular formula is C19H31N5. The van der Waals surface area contributed by atoms with E-state index in [1.807, 2.05) is 11.7 Å². The Balaban J connectivity index is 1.71. The van der Waals surface area contributed by atoms with E-state index in [0.29, 0.717) is 12.0 Å². The molecule has 0 saturated carbocycles. The fraction of sp³-hybridized carbons (Fsp3) is 0.632. The van der Waals surface area contributed by atoms with Crippen molar-refractivity contribution in [3.8, 4) is 0 Å². The lowest BCUT2D eigenvalue weighted by molar-refractivity contribution is 0.0749. The predicted octanol–water partition coefficient (Wildman–Crippen LogP) is 2.66. The first-order valence-corrected chi connectivity index (χ1v) is 9.08. The topological polar surface area (TPSA) is 29.2 Å². The van der Waals surface area contributed by atoms with Crippen LogP contribution in [0.5, 0.6) is 0 Å². The van der Waals surface area contributed by atoms with E-state index in [1.165, 1.54) is 30.5 Å². The van der Waals surface area contributed by atoms with Gasteiger partial charge in [0, 0.05) is 57.4 Å². The first-order chi connectivity index (χ1) is 11.6. The van der Waals surface area contributed by atoms with Gasteiger partial charge in [-0.2, -0.15) is 5.10 Å². The van der Waals surface area contributed by atoms with E-state index in [2.05, 4.69) is 71.3 Å². The molecule has 0 spiro atoms. The third-order valence-electron chi connectivity index (χ3n) is 5.22. The summed E-state index contributed by atoms with van der Waals surface area (Å²) >= 11 is 0. The average molecular weight is 329 g/mol. The second-order valence-corrected chi connectivity index (χ2v) is 7.31. The smallest absolute Gasteiger partial charge is 0.0537 e. The standard InChI is InChI=1S/C19H31N5/c1-5-24-9-6-7-17(19(24)18-11-20-23(4)15-18)14-22(3)13-16-8-10-21(2)12-16/h8,10-12,15,17,19H,5-7,9,13-14H2,1-4H3/t17-,19+/m0/s1. The molecule has 1 aliphatic rings. The summed E-state index contributed by atoms with van der Waals surface area (Å²) in [4.78, 5) is 5.10. The van der Waals surface area contributed by atoms with Crippen molar-refractivity contribution < 1.29 is 0 Å². The van der Waals surface area contributed by atoms with Gasteiger partial charge in [0.15, 0.2) is 0 Å². The molecule has 0 unspecified atom stereocenters. The Morgan fingerprint density at radius 2 is 2.12 bits per heavy atom. The highest BCUT2D eigenvalue weighted by Gasteiger charge is 2.33. The highest BCUT2D eigenvalue weighted by molar-refractivity contribution is 5.14. The Bertz CT molecular complexity index is 644. The molecule has 0 aliphatic carbocycles. The van der Waals surface area contributed by atoms with Gasteiger partial charge in [-0.25, -0.2) is 0 Å². The van der Waals surface area contributed by atoms with Crippen LogP contribution in [-0.2, 0) is 20.6 Å². The van der Waals surface area contributed by atoms with E-state index in [1.54, 1.807) is 0 Å². The van der Waals surface area contributed by atoms with Crippen LogP contribution in [-0.4, -0.2) is 50.8 Å². The first kappa shape index (κ1) is 17.2. The highest BCUT2D eigenvalue weighted by Crippen LogP contribution is 2.36. The molecule has 0 radical (unpaired) electrons. The number of aromatic nitrogens is 3. The summed E-state index contributed by atoms with van der Waals surface area (Å²) in [5.41, 5.74) is 2.76. The molecule has 1 aliphatic heterocycles. The molecule has 5 heteroatoms. The number of hydrogen-bond acceptors (Lipinski definition) is 3. The molecule has 24 heavy (non-hydrogen) atoms. The molecule has 132 valence electrons. The van der Waals surface area contributed by atoms with Gasteiger partial charge in [-0.15, -0.1) is 0 Å². The van der Waals surface area contributed by atoms with Crippen LogP contribution in [0.4, 0.5) is 0 Å². The van der Waals surface area contributed by atoms with Crippen LogP contribution in [0.1, 0.15) is 36.9 Å².